The Balaban J connectivity index is 1.80. The molecule has 3 rings (SSSR count). The number of ether oxygens (including phenoxy) is 1. The summed E-state index contributed by atoms with van der Waals surface area (Å²) in [6.45, 7) is 2.56. The van der Waals surface area contributed by atoms with Gasteiger partial charge < -0.3 is 4.74 Å². The number of aromatic nitrogens is 5. The third-order valence-electron chi connectivity index (χ3n) is 2.90. The van der Waals surface area contributed by atoms with Crippen molar-refractivity contribution >= 4 is 17.0 Å². The molecule has 7 heteroatoms. The lowest BCUT2D eigenvalue weighted by Gasteiger charge is -2.02. The number of rotatable bonds is 4. The molecule has 0 radical (unpaired) electrons. The summed E-state index contributed by atoms with van der Waals surface area (Å²) < 4.78 is 6.46. The van der Waals surface area contributed by atoms with Crippen molar-refractivity contribution in [3.05, 3.63) is 48.0 Å². The van der Waals surface area contributed by atoms with Crippen LogP contribution in [0.3, 0.4) is 0 Å². The Bertz CT molecular complexity index is 784. The summed E-state index contributed by atoms with van der Waals surface area (Å²) in [5, 5.41) is 7.73. The molecule has 106 valence electrons. The minimum atomic E-state index is -0.465. The van der Waals surface area contributed by atoms with Gasteiger partial charge in [0, 0.05) is 12.4 Å². The van der Waals surface area contributed by atoms with Crippen LogP contribution in [-0.4, -0.2) is 37.5 Å². The number of hydrogen-bond donors (Lipinski definition) is 0. The Kier molecular flexibility index (Phi) is 3.55. The van der Waals surface area contributed by atoms with Crippen LogP contribution in [0.2, 0.25) is 0 Å². The van der Waals surface area contributed by atoms with E-state index < -0.39 is 5.97 Å². The summed E-state index contributed by atoms with van der Waals surface area (Å²) in [6, 6.07) is 5.79. The maximum atomic E-state index is 11.5. The summed E-state index contributed by atoms with van der Waals surface area (Å²) in [5.74, 6) is -0.465. The van der Waals surface area contributed by atoms with Crippen LogP contribution < -0.4 is 0 Å². The van der Waals surface area contributed by atoms with Crippen LogP contribution in [0.1, 0.15) is 23.0 Å². The zero-order valence-electron chi connectivity index (χ0n) is 11.4. The third kappa shape index (κ3) is 2.86. The maximum Gasteiger partial charge on any atom is 0.360 e. The Morgan fingerprint density at radius 1 is 1.24 bits per heavy atom. The molecule has 0 amide bonds. The molecule has 2 heterocycles. The molecule has 2 aromatic heterocycles. The topological polar surface area (TPSA) is 82.8 Å². The lowest BCUT2D eigenvalue weighted by Crippen LogP contribution is -2.05. The second-order valence-electron chi connectivity index (χ2n) is 4.40. The number of esters is 1. The van der Waals surface area contributed by atoms with Crippen LogP contribution in [0.25, 0.3) is 11.0 Å². The molecule has 0 spiro atoms. The molecule has 0 saturated carbocycles. The van der Waals surface area contributed by atoms with Crippen molar-refractivity contribution in [2.75, 3.05) is 6.61 Å². The molecule has 0 aliphatic rings. The van der Waals surface area contributed by atoms with Crippen molar-refractivity contribution in [2.24, 2.45) is 0 Å². The molecular formula is C14H13N5O2. The van der Waals surface area contributed by atoms with Crippen molar-refractivity contribution in [1.82, 2.24) is 25.0 Å². The predicted molar refractivity (Wildman–Crippen MR) is 74.6 cm³/mol. The van der Waals surface area contributed by atoms with Crippen LogP contribution in [0.15, 0.2) is 36.8 Å². The number of nitrogens with zero attached hydrogens (tertiary/aromatic N) is 5. The number of hydrogen-bond acceptors (Lipinski definition) is 6. The second-order valence-corrected chi connectivity index (χ2v) is 4.40. The monoisotopic (exact) mass is 283 g/mol. The highest BCUT2D eigenvalue weighted by molar-refractivity contribution is 5.86. The van der Waals surface area contributed by atoms with E-state index in [1.165, 1.54) is 0 Å². The van der Waals surface area contributed by atoms with Gasteiger partial charge in [-0.15, -0.1) is 5.10 Å². The summed E-state index contributed by atoms with van der Waals surface area (Å²) in [4.78, 5) is 20.0. The SMILES string of the molecule is CCOC(=O)c1cn(Cc2ccc3nccnc3c2)nn1. The lowest BCUT2D eigenvalue weighted by atomic mass is 10.2. The molecule has 0 atom stereocenters. The van der Waals surface area contributed by atoms with Gasteiger partial charge in [0.25, 0.3) is 0 Å². The van der Waals surface area contributed by atoms with Crippen molar-refractivity contribution in [3.63, 3.8) is 0 Å². The fourth-order valence-corrected chi connectivity index (χ4v) is 1.97. The van der Waals surface area contributed by atoms with Crippen LogP contribution in [-0.2, 0) is 11.3 Å². The summed E-state index contributed by atoms with van der Waals surface area (Å²) >= 11 is 0. The summed E-state index contributed by atoms with van der Waals surface area (Å²) in [6.07, 6.45) is 4.88. The smallest absolute Gasteiger partial charge is 0.360 e. The van der Waals surface area contributed by atoms with Gasteiger partial charge in [0.05, 0.1) is 30.4 Å². The van der Waals surface area contributed by atoms with Crippen molar-refractivity contribution in [2.45, 2.75) is 13.5 Å². The number of carbonyl (C=O) groups excluding carboxylic acids is 1. The van der Waals surface area contributed by atoms with E-state index in [9.17, 15) is 4.79 Å². The normalized spacial score (nSPS) is 10.7. The first-order valence-electron chi connectivity index (χ1n) is 6.53. The number of benzene rings is 1. The second kappa shape index (κ2) is 5.66. The van der Waals surface area contributed by atoms with Crippen LogP contribution in [0, 0.1) is 0 Å². The summed E-state index contributed by atoms with van der Waals surface area (Å²) in [5.41, 5.74) is 2.87. The molecule has 1 aromatic carbocycles. The van der Waals surface area contributed by atoms with Crippen LogP contribution in [0.5, 0.6) is 0 Å². The molecule has 0 saturated heterocycles. The fourth-order valence-electron chi connectivity index (χ4n) is 1.97. The van der Waals surface area contributed by atoms with E-state index in [0.717, 1.165) is 16.6 Å². The van der Waals surface area contributed by atoms with Crippen LogP contribution in [0.4, 0.5) is 0 Å². The van der Waals surface area contributed by atoms with Gasteiger partial charge in [0.15, 0.2) is 5.69 Å². The number of carbonyl (C=O) groups is 1. The standard InChI is InChI=1S/C14H13N5O2/c1-2-21-14(20)13-9-19(18-17-13)8-10-3-4-11-12(7-10)16-6-5-15-11/h3-7,9H,2,8H2,1H3. The number of fused-ring (bicyclic) bond motifs is 1. The molecule has 7 nitrogen and oxygen atoms in total. The van der Waals surface area contributed by atoms with Gasteiger partial charge in [-0.2, -0.15) is 0 Å². The van der Waals surface area contributed by atoms with E-state index in [0.29, 0.717) is 13.2 Å². The average Bonchev–Trinajstić information content (AvgIpc) is 2.96. The highest BCUT2D eigenvalue weighted by Gasteiger charge is 2.11. The van der Waals surface area contributed by atoms with E-state index >= 15 is 0 Å². The largest absolute Gasteiger partial charge is 0.461 e. The molecular weight excluding hydrogens is 270 g/mol. The molecule has 21 heavy (non-hydrogen) atoms. The van der Waals surface area contributed by atoms with Gasteiger partial charge in [0.1, 0.15) is 0 Å². The first kappa shape index (κ1) is 13.2. The first-order valence-corrected chi connectivity index (χ1v) is 6.53. The van der Waals surface area contributed by atoms with Gasteiger partial charge in [0.2, 0.25) is 0 Å². The van der Waals surface area contributed by atoms with Crippen LogP contribution >= 0.6 is 0 Å². The lowest BCUT2D eigenvalue weighted by molar-refractivity contribution is 0.0519. The average molecular weight is 283 g/mol. The fraction of sp³-hybridized carbons (Fsp3) is 0.214. The minimum Gasteiger partial charge on any atom is -0.461 e. The molecule has 3 aromatic rings. The van der Waals surface area contributed by atoms with E-state index in [2.05, 4.69) is 20.3 Å². The van der Waals surface area contributed by atoms with E-state index in [1.807, 2.05) is 18.2 Å². The Labute approximate surface area is 120 Å². The van der Waals surface area contributed by atoms with Gasteiger partial charge in [-0.25, -0.2) is 9.48 Å². The molecule has 0 aliphatic heterocycles. The quantitative estimate of drug-likeness (QED) is 0.674. The van der Waals surface area contributed by atoms with Gasteiger partial charge in [-0.05, 0) is 24.6 Å². The third-order valence-corrected chi connectivity index (χ3v) is 2.90. The predicted octanol–water partition coefficient (Wildman–Crippen LogP) is 1.45. The highest BCUT2D eigenvalue weighted by atomic mass is 16.5. The zero-order chi connectivity index (χ0) is 14.7. The van der Waals surface area contributed by atoms with Gasteiger partial charge in [-0.3, -0.25) is 9.97 Å². The molecule has 0 aliphatic carbocycles. The maximum absolute atomic E-state index is 11.5. The van der Waals surface area contributed by atoms with Crippen molar-refractivity contribution < 1.29 is 9.53 Å². The Hall–Kier alpha value is -2.83. The van der Waals surface area contributed by atoms with Gasteiger partial charge >= 0.3 is 5.97 Å². The van der Waals surface area contributed by atoms with Gasteiger partial charge in [-0.1, -0.05) is 11.3 Å². The van der Waals surface area contributed by atoms with E-state index in [4.69, 9.17) is 4.74 Å². The Morgan fingerprint density at radius 2 is 2.05 bits per heavy atom. The molecule has 0 unspecified atom stereocenters. The van der Waals surface area contributed by atoms with E-state index in [1.54, 1.807) is 30.2 Å². The Morgan fingerprint density at radius 3 is 2.86 bits per heavy atom. The zero-order valence-corrected chi connectivity index (χ0v) is 11.4. The summed E-state index contributed by atoms with van der Waals surface area (Å²) in [7, 11) is 0. The molecule has 0 N–H and O–H groups in total. The molecule has 0 bridgehead atoms. The van der Waals surface area contributed by atoms with E-state index in [-0.39, 0.29) is 5.69 Å². The van der Waals surface area contributed by atoms with Crippen molar-refractivity contribution in [3.8, 4) is 0 Å². The highest BCUT2D eigenvalue weighted by Crippen LogP contribution is 2.12. The first-order chi connectivity index (χ1) is 10.3. The van der Waals surface area contributed by atoms with Crippen molar-refractivity contribution in [1.29, 1.82) is 0 Å². The minimum absolute atomic E-state index is 0.206. The molecule has 0 fully saturated rings.